The Labute approximate surface area is 157 Å². The van der Waals surface area contributed by atoms with Gasteiger partial charge in [-0.2, -0.15) is 0 Å². The summed E-state index contributed by atoms with van der Waals surface area (Å²) in [5, 5.41) is 10.7. The van der Waals surface area contributed by atoms with Crippen molar-refractivity contribution in [3.63, 3.8) is 0 Å². The van der Waals surface area contributed by atoms with E-state index in [1.54, 1.807) is 7.11 Å². The number of hydrogen-bond acceptors (Lipinski definition) is 6. The maximum absolute atomic E-state index is 11.9. The van der Waals surface area contributed by atoms with Crippen LogP contribution in [0.4, 0.5) is 0 Å². The van der Waals surface area contributed by atoms with E-state index in [0.717, 1.165) is 5.75 Å². The molecule has 0 atom stereocenters. The fraction of sp³-hybridized carbons (Fsp3) is 0.250. The average Bonchev–Trinajstić information content (AvgIpc) is 3.19. The summed E-state index contributed by atoms with van der Waals surface area (Å²) in [6, 6.07) is 16.9. The number of hydrogen-bond donors (Lipinski definition) is 1. The molecule has 1 aromatic heterocycles. The molecule has 0 radical (unpaired) electrons. The van der Waals surface area contributed by atoms with Crippen LogP contribution in [0.5, 0.6) is 11.5 Å². The van der Waals surface area contributed by atoms with Crippen molar-refractivity contribution in [2.75, 3.05) is 13.7 Å². The first-order valence-corrected chi connectivity index (χ1v) is 8.66. The number of amides is 1. The Morgan fingerprint density at radius 1 is 1.07 bits per heavy atom. The molecule has 0 saturated heterocycles. The molecule has 0 spiro atoms. The van der Waals surface area contributed by atoms with Crippen molar-refractivity contribution in [2.24, 2.45) is 0 Å². The van der Waals surface area contributed by atoms with E-state index >= 15 is 0 Å². The third-order valence-electron chi connectivity index (χ3n) is 3.80. The maximum Gasteiger partial charge on any atom is 0.251 e. The molecule has 0 bridgehead atoms. The summed E-state index contributed by atoms with van der Waals surface area (Å²) in [4.78, 5) is 11.9. The first kappa shape index (κ1) is 18.4. The van der Waals surface area contributed by atoms with Crippen molar-refractivity contribution in [1.29, 1.82) is 0 Å². The van der Waals surface area contributed by atoms with Crippen LogP contribution in [0.15, 0.2) is 59.0 Å². The van der Waals surface area contributed by atoms with Crippen molar-refractivity contribution in [3.8, 4) is 23.0 Å². The molecule has 140 valence electrons. The minimum atomic E-state index is -0.0938. The van der Waals surface area contributed by atoms with E-state index in [4.69, 9.17) is 13.9 Å². The van der Waals surface area contributed by atoms with Gasteiger partial charge in [0.15, 0.2) is 0 Å². The van der Waals surface area contributed by atoms with Crippen molar-refractivity contribution < 1.29 is 18.7 Å². The van der Waals surface area contributed by atoms with Crippen LogP contribution in [0.2, 0.25) is 0 Å². The van der Waals surface area contributed by atoms with Gasteiger partial charge in [0.05, 0.1) is 25.8 Å². The second-order valence-corrected chi connectivity index (χ2v) is 5.74. The summed E-state index contributed by atoms with van der Waals surface area (Å²) >= 11 is 0. The lowest BCUT2D eigenvalue weighted by atomic mass is 10.2. The van der Waals surface area contributed by atoms with E-state index in [2.05, 4.69) is 15.5 Å². The lowest BCUT2D eigenvalue weighted by molar-refractivity contribution is -0.121. The average molecular weight is 367 g/mol. The molecule has 7 nitrogen and oxygen atoms in total. The van der Waals surface area contributed by atoms with Gasteiger partial charge in [0.25, 0.3) is 5.89 Å². The fourth-order valence-electron chi connectivity index (χ4n) is 2.46. The molecule has 1 N–H and O–H groups in total. The van der Waals surface area contributed by atoms with Gasteiger partial charge in [-0.1, -0.05) is 30.3 Å². The highest BCUT2D eigenvalue weighted by molar-refractivity contribution is 5.75. The molecule has 0 saturated carbocycles. The summed E-state index contributed by atoms with van der Waals surface area (Å²) in [6.45, 7) is 0.663. The zero-order valence-corrected chi connectivity index (χ0v) is 15.1. The van der Waals surface area contributed by atoms with Gasteiger partial charge >= 0.3 is 0 Å². The number of nitrogens with zero attached hydrogens (tertiary/aromatic N) is 2. The highest BCUT2D eigenvalue weighted by Crippen LogP contribution is 2.28. The van der Waals surface area contributed by atoms with Crippen LogP contribution in [0.25, 0.3) is 11.5 Å². The molecular formula is C20H21N3O4. The molecule has 0 aliphatic rings. The Morgan fingerprint density at radius 3 is 2.67 bits per heavy atom. The quantitative estimate of drug-likeness (QED) is 0.585. The number of carbonyl (C=O) groups is 1. The van der Waals surface area contributed by atoms with Gasteiger partial charge in [0.1, 0.15) is 11.5 Å². The Balaban J connectivity index is 1.42. The maximum atomic E-state index is 11.9. The van der Waals surface area contributed by atoms with Crippen LogP contribution in [0.1, 0.15) is 18.7 Å². The van der Waals surface area contributed by atoms with Gasteiger partial charge in [-0.25, -0.2) is 0 Å². The number of carbonyl (C=O) groups excluding carboxylic acids is 1. The minimum Gasteiger partial charge on any atom is -0.496 e. The summed E-state index contributed by atoms with van der Waals surface area (Å²) in [5.41, 5.74) is 0.711. The van der Waals surface area contributed by atoms with E-state index in [0.29, 0.717) is 42.5 Å². The Kier molecular flexibility index (Phi) is 6.40. The lowest BCUT2D eigenvalue weighted by Crippen LogP contribution is -2.23. The number of aromatic nitrogens is 2. The molecule has 7 heteroatoms. The second kappa shape index (κ2) is 9.38. The summed E-state index contributed by atoms with van der Waals surface area (Å²) < 4.78 is 16.4. The SMILES string of the molecule is COc1ccccc1-c1nnc(CNC(=O)CCCOc2ccccc2)o1. The Hall–Kier alpha value is -3.35. The summed E-state index contributed by atoms with van der Waals surface area (Å²) in [6.07, 6.45) is 0.983. The smallest absolute Gasteiger partial charge is 0.251 e. The standard InChI is InChI=1S/C20H21N3O4/c1-25-17-11-6-5-10-16(17)20-23-22-19(27-20)14-21-18(24)12-7-13-26-15-8-3-2-4-9-15/h2-6,8-11H,7,12-14H2,1H3,(H,21,24). The van der Waals surface area contributed by atoms with Crippen LogP contribution in [0, 0.1) is 0 Å². The molecule has 0 unspecified atom stereocenters. The van der Waals surface area contributed by atoms with Gasteiger partial charge in [-0.3, -0.25) is 4.79 Å². The molecule has 2 aromatic carbocycles. The fourth-order valence-corrected chi connectivity index (χ4v) is 2.46. The molecule has 1 amide bonds. The van der Waals surface area contributed by atoms with Crippen LogP contribution >= 0.6 is 0 Å². The van der Waals surface area contributed by atoms with Crippen molar-refractivity contribution in [3.05, 3.63) is 60.5 Å². The monoisotopic (exact) mass is 367 g/mol. The normalized spacial score (nSPS) is 10.4. The van der Waals surface area contributed by atoms with E-state index in [1.165, 1.54) is 0 Å². The molecule has 27 heavy (non-hydrogen) atoms. The van der Waals surface area contributed by atoms with Crippen molar-refractivity contribution >= 4 is 5.91 Å². The molecule has 3 rings (SSSR count). The van der Waals surface area contributed by atoms with Crippen LogP contribution in [-0.2, 0) is 11.3 Å². The second-order valence-electron chi connectivity index (χ2n) is 5.74. The molecule has 0 aliphatic carbocycles. The predicted molar refractivity (Wildman–Crippen MR) is 99.3 cm³/mol. The van der Waals surface area contributed by atoms with Gasteiger partial charge in [-0.05, 0) is 30.7 Å². The van der Waals surface area contributed by atoms with Gasteiger partial charge in [-0.15, -0.1) is 10.2 Å². The van der Waals surface area contributed by atoms with Crippen molar-refractivity contribution in [1.82, 2.24) is 15.5 Å². The third kappa shape index (κ3) is 5.31. The first-order valence-electron chi connectivity index (χ1n) is 8.66. The lowest BCUT2D eigenvalue weighted by Gasteiger charge is -2.06. The molecule has 3 aromatic rings. The van der Waals surface area contributed by atoms with E-state index in [1.807, 2.05) is 54.6 Å². The summed E-state index contributed by atoms with van der Waals surface area (Å²) in [7, 11) is 1.58. The van der Waals surface area contributed by atoms with Gasteiger partial charge < -0.3 is 19.2 Å². The van der Waals surface area contributed by atoms with E-state index in [9.17, 15) is 4.79 Å². The van der Waals surface area contributed by atoms with Crippen LogP contribution in [0.3, 0.4) is 0 Å². The minimum absolute atomic E-state index is 0.0938. The molecule has 0 fully saturated rings. The number of para-hydroxylation sites is 2. The number of methoxy groups -OCH3 is 1. The molecule has 0 aliphatic heterocycles. The topological polar surface area (TPSA) is 86.5 Å². The number of benzene rings is 2. The first-order chi connectivity index (χ1) is 13.3. The zero-order chi connectivity index (χ0) is 18.9. The summed E-state index contributed by atoms with van der Waals surface area (Å²) in [5.74, 6) is 2.05. The highest BCUT2D eigenvalue weighted by Gasteiger charge is 2.13. The van der Waals surface area contributed by atoms with E-state index < -0.39 is 0 Å². The highest BCUT2D eigenvalue weighted by atomic mass is 16.5. The molecular weight excluding hydrogens is 346 g/mol. The van der Waals surface area contributed by atoms with Gasteiger partial charge in [0, 0.05) is 6.42 Å². The zero-order valence-electron chi connectivity index (χ0n) is 15.1. The largest absolute Gasteiger partial charge is 0.496 e. The number of rotatable bonds is 9. The van der Waals surface area contributed by atoms with E-state index in [-0.39, 0.29) is 12.5 Å². The number of nitrogens with one attached hydrogen (secondary N) is 1. The number of ether oxygens (including phenoxy) is 2. The molecule has 1 heterocycles. The predicted octanol–water partition coefficient (Wildman–Crippen LogP) is 3.22. The third-order valence-corrected chi connectivity index (χ3v) is 3.80. The van der Waals surface area contributed by atoms with Crippen LogP contribution in [-0.4, -0.2) is 29.8 Å². The van der Waals surface area contributed by atoms with Crippen molar-refractivity contribution in [2.45, 2.75) is 19.4 Å². The Morgan fingerprint density at radius 2 is 1.85 bits per heavy atom. The van der Waals surface area contributed by atoms with Gasteiger partial charge in [0.2, 0.25) is 11.8 Å². The Bertz CT molecular complexity index is 864. The van der Waals surface area contributed by atoms with Crippen LogP contribution < -0.4 is 14.8 Å².